The molecular formula is C13H21Cl2N. The van der Waals surface area contributed by atoms with Gasteiger partial charge in [-0.25, -0.2) is 0 Å². The third kappa shape index (κ3) is 5.20. The van der Waals surface area contributed by atoms with Crippen molar-refractivity contribution in [2.45, 2.75) is 33.4 Å². The molecule has 1 rings (SSSR count). The first kappa shape index (κ1) is 15.8. The fraction of sp³-hybridized carbons (Fsp3) is 0.538. The minimum atomic E-state index is 0. The molecular weight excluding hydrogens is 241 g/mol. The van der Waals surface area contributed by atoms with Gasteiger partial charge >= 0.3 is 0 Å². The topological polar surface area (TPSA) is 12.0 Å². The molecule has 0 saturated heterocycles. The molecule has 0 aliphatic carbocycles. The summed E-state index contributed by atoms with van der Waals surface area (Å²) in [5, 5.41) is 3.49. The van der Waals surface area contributed by atoms with Crippen molar-refractivity contribution >= 4 is 24.0 Å². The lowest BCUT2D eigenvalue weighted by Crippen LogP contribution is -2.41. The van der Waals surface area contributed by atoms with Crippen LogP contribution in [0.15, 0.2) is 30.3 Å². The summed E-state index contributed by atoms with van der Waals surface area (Å²) in [4.78, 5) is 0. The third-order valence-electron chi connectivity index (χ3n) is 2.60. The van der Waals surface area contributed by atoms with Gasteiger partial charge < -0.3 is 5.32 Å². The summed E-state index contributed by atoms with van der Waals surface area (Å²) < 4.78 is 0. The van der Waals surface area contributed by atoms with Crippen LogP contribution in [0.3, 0.4) is 0 Å². The first-order valence-corrected chi connectivity index (χ1v) is 5.91. The van der Waals surface area contributed by atoms with E-state index in [2.05, 4.69) is 50.4 Å². The number of benzene rings is 1. The molecule has 16 heavy (non-hydrogen) atoms. The average Bonchev–Trinajstić information content (AvgIpc) is 2.18. The monoisotopic (exact) mass is 261 g/mol. The van der Waals surface area contributed by atoms with Crippen LogP contribution in [0.1, 0.15) is 26.3 Å². The predicted octanol–water partition coefficient (Wildman–Crippen LogP) is 3.85. The molecule has 92 valence electrons. The summed E-state index contributed by atoms with van der Waals surface area (Å²) in [5.74, 6) is 0.649. The van der Waals surface area contributed by atoms with E-state index in [4.69, 9.17) is 11.6 Å². The number of nitrogens with one attached hydrogen (secondary N) is 1. The van der Waals surface area contributed by atoms with Crippen molar-refractivity contribution in [3.8, 4) is 0 Å². The molecule has 1 aromatic carbocycles. The van der Waals surface area contributed by atoms with E-state index in [1.165, 1.54) is 5.56 Å². The van der Waals surface area contributed by atoms with Crippen molar-refractivity contribution in [2.75, 3.05) is 5.88 Å². The van der Waals surface area contributed by atoms with Crippen LogP contribution in [-0.4, -0.2) is 11.9 Å². The van der Waals surface area contributed by atoms with Gasteiger partial charge in [-0.1, -0.05) is 51.1 Å². The SMILES string of the molecule is CC(C)(C)C(CCl)NCc1ccccc1.Cl. The molecule has 1 aromatic rings. The maximum Gasteiger partial charge on any atom is 0.0382 e. The first-order valence-electron chi connectivity index (χ1n) is 5.37. The molecule has 1 N–H and O–H groups in total. The Morgan fingerprint density at radius 1 is 1.19 bits per heavy atom. The van der Waals surface area contributed by atoms with Crippen LogP contribution in [0, 0.1) is 5.41 Å². The van der Waals surface area contributed by atoms with Crippen LogP contribution in [0.4, 0.5) is 0 Å². The Hall–Kier alpha value is -0.240. The number of hydrogen-bond donors (Lipinski definition) is 1. The quantitative estimate of drug-likeness (QED) is 0.813. The van der Waals surface area contributed by atoms with Crippen LogP contribution in [0.25, 0.3) is 0 Å². The van der Waals surface area contributed by atoms with Gasteiger partial charge in [0, 0.05) is 18.5 Å². The smallest absolute Gasteiger partial charge is 0.0382 e. The Morgan fingerprint density at radius 3 is 2.19 bits per heavy atom. The predicted molar refractivity (Wildman–Crippen MR) is 74.5 cm³/mol. The number of halogens is 2. The van der Waals surface area contributed by atoms with Gasteiger partial charge in [0.25, 0.3) is 0 Å². The van der Waals surface area contributed by atoms with Crippen molar-refractivity contribution in [3.63, 3.8) is 0 Å². The lowest BCUT2D eigenvalue weighted by Gasteiger charge is -2.30. The van der Waals surface area contributed by atoms with Gasteiger partial charge in [-0.2, -0.15) is 0 Å². The molecule has 0 bridgehead atoms. The minimum absolute atomic E-state index is 0. The highest BCUT2D eigenvalue weighted by molar-refractivity contribution is 6.18. The summed E-state index contributed by atoms with van der Waals surface area (Å²) >= 11 is 5.96. The molecule has 3 heteroatoms. The number of hydrogen-bond acceptors (Lipinski definition) is 1. The van der Waals surface area contributed by atoms with E-state index in [0.29, 0.717) is 11.9 Å². The first-order chi connectivity index (χ1) is 7.04. The second-order valence-electron chi connectivity index (χ2n) is 4.94. The molecule has 0 radical (unpaired) electrons. The van der Waals surface area contributed by atoms with E-state index in [1.807, 2.05) is 6.07 Å². The molecule has 0 aliphatic heterocycles. The van der Waals surface area contributed by atoms with E-state index in [9.17, 15) is 0 Å². The lowest BCUT2D eigenvalue weighted by atomic mass is 9.88. The zero-order valence-electron chi connectivity index (χ0n) is 10.2. The van der Waals surface area contributed by atoms with E-state index >= 15 is 0 Å². The van der Waals surface area contributed by atoms with Crippen molar-refractivity contribution in [1.82, 2.24) is 5.32 Å². The molecule has 1 atom stereocenters. The average molecular weight is 262 g/mol. The molecule has 0 aromatic heterocycles. The van der Waals surface area contributed by atoms with Gasteiger partial charge in [0.1, 0.15) is 0 Å². The Labute approximate surface area is 110 Å². The third-order valence-corrected chi connectivity index (χ3v) is 2.90. The molecule has 0 saturated carbocycles. The summed E-state index contributed by atoms with van der Waals surface area (Å²) in [7, 11) is 0. The normalized spacial score (nSPS) is 13.0. The summed E-state index contributed by atoms with van der Waals surface area (Å²) in [6.45, 7) is 7.50. The maximum absolute atomic E-state index is 5.96. The highest BCUT2D eigenvalue weighted by Gasteiger charge is 2.22. The summed E-state index contributed by atoms with van der Waals surface area (Å²) in [6, 6.07) is 10.8. The zero-order valence-corrected chi connectivity index (χ0v) is 11.7. The molecule has 1 unspecified atom stereocenters. The standard InChI is InChI=1S/C13H20ClN.ClH/c1-13(2,3)12(9-14)15-10-11-7-5-4-6-8-11;/h4-8,12,15H,9-10H2,1-3H3;1H. The lowest BCUT2D eigenvalue weighted by molar-refractivity contribution is 0.288. The maximum atomic E-state index is 5.96. The van der Waals surface area contributed by atoms with Crippen molar-refractivity contribution in [2.24, 2.45) is 5.41 Å². The van der Waals surface area contributed by atoms with E-state index in [-0.39, 0.29) is 17.8 Å². The van der Waals surface area contributed by atoms with Gasteiger partial charge in [-0.3, -0.25) is 0 Å². The minimum Gasteiger partial charge on any atom is -0.308 e. The van der Waals surface area contributed by atoms with Gasteiger partial charge in [0.05, 0.1) is 0 Å². The van der Waals surface area contributed by atoms with Gasteiger partial charge in [-0.15, -0.1) is 24.0 Å². The molecule has 1 nitrogen and oxygen atoms in total. The number of rotatable bonds is 4. The fourth-order valence-electron chi connectivity index (χ4n) is 1.43. The van der Waals surface area contributed by atoms with Crippen LogP contribution >= 0.6 is 24.0 Å². The summed E-state index contributed by atoms with van der Waals surface area (Å²) in [6.07, 6.45) is 0. The van der Waals surface area contributed by atoms with E-state index in [1.54, 1.807) is 0 Å². The second-order valence-corrected chi connectivity index (χ2v) is 5.25. The largest absolute Gasteiger partial charge is 0.308 e. The molecule has 0 fully saturated rings. The van der Waals surface area contributed by atoms with Gasteiger partial charge in [-0.05, 0) is 11.0 Å². The number of alkyl halides is 1. The van der Waals surface area contributed by atoms with Crippen LogP contribution in [-0.2, 0) is 6.54 Å². The molecule has 0 spiro atoms. The molecule has 0 amide bonds. The van der Waals surface area contributed by atoms with Crippen LogP contribution < -0.4 is 5.32 Å². The summed E-state index contributed by atoms with van der Waals surface area (Å²) in [5.41, 5.74) is 1.51. The Balaban J connectivity index is 0.00000225. The van der Waals surface area contributed by atoms with E-state index in [0.717, 1.165) is 6.54 Å². The van der Waals surface area contributed by atoms with Crippen molar-refractivity contribution in [1.29, 1.82) is 0 Å². The zero-order chi connectivity index (χ0) is 11.3. The van der Waals surface area contributed by atoms with Crippen molar-refractivity contribution in [3.05, 3.63) is 35.9 Å². The Bertz CT molecular complexity index is 280. The highest BCUT2D eigenvalue weighted by Crippen LogP contribution is 2.20. The van der Waals surface area contributed by atoms with Crippen LogP contribution in [0.2, 0.25) is 0 Å². The second kappa shape index (κ2) is 7.16. The Morgan fingerprint density at radius 2 is 1.75 bits per heavy atom. The fourth-order valence-corrected chi connectivity index (χ4v) is 2.00. The highest BCUT2D eigenvalue weighted by atomic mass is 35.5. The molecule has 0 aliphatic rings. The Kier molecular flexibility index (Phi) is 7.05. The van der Waals surface area contributed by atoms with Gasteiger partial charge in [0.2, 0.25) is 0 Å². The van der Waals surface area contributed by atoms with Gasteiger partial charge in [0.15, 0.2) is 0 Å². The van der Waals surface area contributed by atoms with Crippen molar-refractivity contribution < 1.29 is 0 Å². The van der Waals surface area contributed by atoms with E-state index < -0.39 is 0 Å². The molecule has 0 heterocycles. The van der Waals surface area contributed by atoms with Crippen LogP contribution in [0.5, 0.6) is 0 Å².